The molecule has 0 saturated heterocycles. The van der Waals surface area contributed by atoms with Crippen molar-refractivity contribution < 1.29 is 4.79 Å². The van der Waals surface area contributed by atoms with Crippen molar-refractivity contribution in [3.05, 3.63) is 57.8 Å². The highest BCUT2D eigenvalue weighted by atomic mass is 32.1. The zero-order valence-corrected chi connectivity index (χ0v) is 11.7. The number of nitrogens with one attached hydrogen (secondary N) is 1. The summed E-state index contributed by atoms with van der Waals surface area (Å²) in [6, 6.07) is 13.0. The molecule has 0 aliphatic carbocycles. The number of carbonyl (C=O) groups excluding carboxylic acids is 1. The summed E-state index contributed by atoms with van der Waals surface area (Å²) in [6.07, 6.45) is 1.03. The van der Waals surface area contributed by atoms with Crippen LogP contribution in [0.3, 0.4) is 0 Å². The van der Waals surface area contributed by atoms with Crippen molar-refractivity contribution in [1.29, 1.82) is 0 Å². The molecule has 0 saturated carbocycles. The normalized spacial score (nSPS) is 12.1. The SMILES string of the molecule is CCc1ccc(CNC(=O)[C@@H](N)c2ccccc2)s1. The van der Waals surface area contributed by atoms with Gasteiger partial charge >= 0.3 is 0 Å². The molecule has 2 aromatic rings. The van der Waals surface area contributed by atoms with Crippen LogP contribution in [0.4, 0.5) is 0 Å². The lowest BCUT2D eigenvalue weighted by Gasteiger charge is -2.11. The Labute approximate surface area is 117 Å². The molecule has 19 heavy (non-hydrogen) atoms. The number of amides is 1. The van der Waals surface area contributed by atoms with Crippen LogP contribution in [0.2, 0.25) is 0 Å². The van der Waals surface area contributed by atoms with E-state index in [2.05, 4.69) is 24.4 Å². The van der Waals surface area contributed by atoms with Gasteiger partial charge in [0.25, 0.3) is 0 Å². The Hall–Kier alpha value is -1.65. The molecule has 0 unspecified atom stereocenters. The van der Waals surface area contributed by atoms with Gasteiger partial charge in [-0.3, -0.25) is 4.79 Å². The van der Waals surface area contributed by atoms with E-state index in [0.29, 0.717) is 6.54 Å². The Kier molecular flexibility index (Phi) is 4.71. The lowest BCUT2D eigenvalue weighted by molar-refractivity contribution is -0.122. The lowest BCUT2D eigenvalue weighted by atomic mass is 10.1. The minimum atomic E-state index is -0.605. The van der Waals surface area contributed by atoms with Crippen LogP contribution in [-0.4, -0.2) is 5.91 Å². The van der Waals surface area contributed by atoms with Gasteiger partial charge < -0.3 is 11.1 Å². The summed E-state index contributed by atoms with van der Waals surface area (Å²) >= 11 is 1.73. The van der Waals surface area contributed by atoms with Crippen molar-refractivity contribution >= 4 is 17.2 Å². The van der Waals surface area contributed by atoms with Crippen LogP contribution in [0, 0.1) is 0 Å². The minimum Gasteiger partial charge on any atom is -0.350 e. The van der Waals surface area contributed by atoms with Crippen molar-refractivity contribution in [2.75, 3.05) is 0 Å². The second-order valence-corrected chi connectivity index (χ2v) is 5.58. The van der Waals surface area contributed by atoms with Gasteiger partial charge in [-0.05, 0) is 24.1 Å². The first-order valence-electron chi connectivity index (χ1n) is 6.36. The zero-order chi connectivity index (χ0) is 13.7. The third-order valence-corrected chi connectivity index (χ3v) is 4.17. The summed E-state index contributed by atoms with van der Waals surface area (Å²) in [4.78, 5) is 14.4. The predicted octanol–water partition coefficient (Wildman–Crippen LogP) is 2.63. The average Bonchev–Trinajstić information content (AvgIpc) is 2.93. The van der Waals surface area contributed by atoms with Gasteiger partial charge in [0.15, 0.2) is 0 Å². The number of hydrogen-bond donors (Lipinski definition) is 2. The quantitative estimate of drug-likeness (QED) is 0.880. The summed E-state index contributed by atoms with van der Waals surface area (Å²) in [5.41, 5.74) is 6.76. The molecule has 4 heteroatoms. The highest BCUT2D eigenvalue weighted by molar-refractivity contribution is 7.11. The fraction of sp³-hybridized carbons (Fsp3) is 0.267. The molecule has 0 fully saturated rings. The van der Waals surface area contributed by atoms with E-state index in [1.165, 1.54) is 4.88 Å². The van der Waals surface area contributed by atoms with Crippen molar-refractivity contribution in [1.82, 2.24) is 5.32 Å². The minimum absolute atomic E-state index is 0.141. The molecule has 100 valence electrons. The molecule has 1 atom stereocenters. The molecule has 1 aromatic carbocycles. The number of thiophene rings is 1. The van der Waals surface area contributed by atoms with Gasteiger partial charge in [-0.15, -0.1) is 11.3 Å². The molecule has 0 radical (unpaired) electrons. The topological polar surface area (TPSA) is 55.1 Å². The van der Waals surface area contributed by atoms with Crippen LogP contribution < -0.4 is 11.1 Å². The van der Waals surface area contributed by atoms with Crippen molar-refractivity contribution in [2.45, 2.75) is 25.9 Å². The molecule has 0 spiro atoms. The first-order chi connectivity index (χ1) is 9.20. The van der Waals surface area contributed by atoms with Gasteiger partial charge in [0.1, 0.15) is 6.04 Å². The van der Waals surface area contributed by atoms with Crippen molar-refractivity contribution in [2.24, 2.45) is 5.73 Å². The molecule has 2 rings (SSSR count). The molecule has 1 aromatic heterocycles. The molecular weight excluding hydrogens is 256 g/mol. The van der Waals surface area contributed by atoms with Gasteiger partial charge in [0.05, 0.1) is 6.54 Å². The molecule has 3 nitrogen and oxygen atoms in total. The molecule has 0 bridgehead atoms. The largest absolute Gasteiger partial charge is 0.350 e. The predicted molar refractivity (Wildman–Crippen MR) is 78.9 cm³/mol. The highest BCUT2D eigenvalue weighted by Crippen LogP contribution is 2.17. The Balaban J connectivity index is 1.91. The summed E-state index contributed by atoms with van der Waals surface area (Å²) in [6.45, 7) is 2.67. The smallest absolute Gasteiger partial charge is 0.241 e. The summed E-state index contributed by atoms with van der Waals surface area (Å²) in [7, 11) is 0. The molecule has 0 aliphatic heterocycles. The van der Waals surface area contributed by atoms with E-state index in [4.69, 9.17) is 5.73 Å². The van der Waals surface area contributed by atoms with E-state index >= 15 is 0 Å². The maximum Gasteiger partial charge on any atom is 0.241 e. The fourth-order valence-electron chi connectivity index (χ4n) is 1.80. The summed E-state index contributed by atoms with van der Waals surface area (Å²) < 4.78 is 0. The molecule has 3 N–H and O–H groups in total. The van der Waals surface area contributed by atoms with Crippen LogP contribution >= 0.6 is 11.3 Å². The standard InChI is InChI=1S/C15H18N2OS/c1-2-12-8-9-13(19-12)10-17-15(18)14(16)11-6-4-3-5-7-11/h3-9,14H,2,10,16H2,1H3,(H,17,18)/t14-/m0/s1. The third kappa shape index (κ3) is 3.66. The first kappa shape index (κ1) is 13.8. The number of aryl methyl sites for hydroxylation is 1. The highest BCUT2D eigenvalue weighted by Gasteiger charge is 2.14. The monoisotopic (exact) mass is 274 g/mol. The van der Waals surface area contributed by atoms with Gasteiger partial charge in [0.2, 0.25) is 5.91 Å². The fourth-order valence-corrected chi connectivity index (χ4v) is 2.70. The molecule has 0 aliphatic rings. The van der Waals surface area contributed by atoms with E-state index in [9.17, 15) is 4.79 Å². The maximum atomic E-state index is 12.0. The van der Waals surface area contributed by atoms with E-state index in [-0.39, 0.29) is 5.91 Å². The van der Waals surface area contributed by atoms with E-state index in [1.807, 2.05) is 30.3 Å². The second kappa shape index (κ2) is 6.50. The Morgan fingerprint density at radius 2 is 1.89 bits per heavy atom. The number of benzene rings is 1. The summed E-state index contributed by atoms with van der Waals surface area (Å²) in [5.74, 6) is -0.141. The van der Waals surface area contributed by atoms with E-state index < -0.39 is 6.04 Å². The second-order valence-electron chi connectivity index (χ2n) is 4.33. The van der Waals surface area contributed by atoms with Gasteiger partial charge in [-0.25, -0.2) is 0 Å². The third-order valence-electron chi connectivity index (χ3n) is 2.94. The van der Waals surface area contributed by atoms with Gasteiger partial charge in [0, 0.05) is 9.75 Å². The molecule has 1 amide bonds. The van der Waals surface area contributed by atoms with Crippen LogP contribution in [-0.2, 0) is 17.8 Å². The van der Waals surface area contributed by atoms with Crippen LogP contribution in [0.15, 0.2) is 42.5 Å². The lowest BCUT2D eigenvalue weighted by Crippen LogP contribution is -2.33. The summed E-state index contributed by atoms with van der Waals surface area (Å²) in [5, 5.41) is 2.88. The zero-order valence-electron chi connectivity index (χ0n) is 10.9. The Bertz CT molecular complexity index is 536. The van der Waals surface area contributed by atoms with Crippen LogP contribution in [0.25, 0.3) is 0 Å². The number of nitrogens with two attached hydrogens (primary N) is 1. The first-order valence-corrected chi connectivity index (χ1v) is 7.18. The Morgan fingerprint density at radius 1 is 1.21 bits per heavy atom. The Morgan fingerprint density at radius 3 is 2.53 bits per heavy atom. The van der Waals surface area contributed by atoms with Crippen LogP contribution in [0.5, 0.6) is 0 Å². The van der Waals surface area contributed by atoms with Crippen molar-refractivity contribution in [3.63, 3.8) is 0 Å². The number of hydrogen-bond acceptors (Lipinski definition) is 3. The van der Waals surface area contributed by atoms with E-state index in [0.717, 1.165) is 16.9 Å². The van der Waals surface area contributed by atoms with Crippen molar-refractivity contribution in [3.8, 4) is 0 Å². The maximum absolute atomic E-state index is 12.0. The van der Waals surface area contributed by atoms with Gasteiger partial charge in [-0.2, -0.15) is 0 Å². The van der Waals surface area contributed by atoms with Gasteiger partial charge in [-0.1, -0.05) is 37.3 Å². The number of carbonyl (C=O) groups is 1. The molecular formula is C15H18N2OS. The van der Waals surface area contributed by atoms with E-state index in [1.54, 1.807) is 11.3 Å². The number of rotatable bonds is 5. The van der Waals surface area contributed by atoms with Crippen LogP contribution in [0.1, 0.15) is 28.3 Å². The average molecular weight is 274 g/mol. The molecule has 1 heterocycles.